The van der Waals surface area contributed by atoms with Crippen molar-refractivity contribution in [2.45, 2.75) is 57.0 Å². The molecule has 0 saturated carbocycles. The number of ether oxygens (including phenoxy) is 2. The van der Waals surface area contributed by atoms with Crippen molar-refractivity contribution in [3.05, 3.63) is 119 Å². The molecule has 0 spiro atoms. The number of likely N-dealkylation sites (tertiary alicyclic amines) is 2. The molecular weight excluding hydrogens is 725 g/mol. The van der Waals surface area contributed by atoms with Crippen molar-refractivity contribution < 1.29 is 39.9 Å². The van der Waals surface area contributed by atoms with Crippen LogP contribution in [0.4, 0.5) is 9.59 Å². The molecule has 296 valence electrons. The third-order valence-corrected chi connectivity index (χ3v) is 11.3. The van der Waals surface area contributed by atoms with Crippen molar-refractivity contribution in [1.82, 2.24) is 20.4 Å². The molecular formula is C45H48N4O8. The first kappa shape index (κ1) is 37.7. The monoisotopic (exact) mass is 774 g/mol. The van der Waals surface area contributed by atoms with Gasteiger partial charge in [-0.05, 0) is 76.6 Å². The quantitative estimate of drug-likeness (QED) is 0.177. The fourth-order valence-electron chi connectivity index (χ4n) is 8.58. The second-order valence-electron chi connectivity index (χ2n) is 15.0. The topological polar surface area (TPSA) is 155 Å². The average Bonchev–Trinajstić information content (AvgIpc) is 3.97. The average molecular weight is 775 g/mol. The summed E-state index contributed by atoms with van der Waals surface area (Å²) < 4.78 is 18.6. The Morgan fingerprint density at radius 3 is 1.46 bits per heavy atom. The Kier molecular flexibility index (Phi) is 11.5. The van der Waals surface area contributed by atoms with Gasteiger partial charge < -0.3 is 35.0 Å². The molecule has 0 radical (unpaired) electrons. The number of nitrogens with zero attached hydrogens (tertiary/aromatic N) is 2. The first-order valence-electron chi connectivity index (χ1n) is 20.0. The SMILES string of the molecule is C[C@H]1C[C@@H](C)N(C(=O)CNC(=O)OCC2c3ccccc3-c3ccccc32)C1.[3H][C@H]1C[C@@H](C(=O)O)N(C(=O)CNC(=O)OCC2c3ccccc3-c3ccccc32)C1. The molecule has 2 saturated heterocycles. The predicted molar refractivity (Wildman–Crippen MR) is 213 cm³/mol. The number of alkyl carbamates (subject to hydrolysis) is 2. The number of carboxylic acid groups (broad SMARTS) is 1. The van der Waals surface area contributed by atoms with E-state index in [0.717, 1.165) is 40.1 Å². The van der Waals surface area contributed by atoms with Crippen LogP contribution in [0, 0.1) is 5.92 Å². The fourth-order valence-corrected chi connectivity index (χ4v) is 8.58. The zero-order valence-electron chi connectivity index (χ0n) is 33.1. The highest BCUT2D eigenvalue weighted by Gasteiger charge is 2.35. The molecule has 4 aliphatic rings. The minimum absolute atomic E-state index is 0.0201. The van der Waals surface area contributed by atoms with Crippen LogP contribution >= 0.6 is 0 Å². The van der Waals surface area contributed by atoms with E-state index >= 15 is 0 Å². The number of carbonyl (C=O) groups excluding carboxylic acids is 4. The van der Waals surface area contributed by atoms with Gasteiger partial charge in [0, 0.05) is 32.3 Å². The number of fused-ring (bicyclic) bond motifs is 6. The zero-order chi connectivity index (χ0) is 40.9. The molecule has 12 nitrogen and oxygen atoms in total. The van der Waals surface area contributed by atoms with E-state index in [4.69, 9.17) is 10.8 Å². The van der Waals surface area contributed by atoms with Gasteiger partial charge in [0.05, 0.1) is 0 Å². The molecule has 57 heavy (non-hydrogen) atoms. The number of hydrogen-bond donors (Lipinski definition) is 3. The number of benzene rings is 4. The Labute approximate surface area is 333 Å². The van der Waals surface area contributed by atoms with Gasteiger partial charge in [-0.2, -0.15) is 0 Å². The van der Waals surface area contributed by atoms with Crippen LogP contribution in [0.1, 0.15) is 68.5 Å². The van der Waals surface area contributed by atoms with E-state index in [2.05, 4.69) is 48.7 Å². The molecule has 2 fully saturated rings. The Morgan fingerprint density at radius 2 is 1.07 bits per heavy atom. The van der Waals surface area contributed by atoms with Gasteiger partial charge in [0.25, 0.3) is 0 Å². The Balaban J connectivity index is 0.000000177. The second-order valence-corrected chi connectivity index (χ2v) is 15.0. The maximum atomic E-state index is 12.3. The molecule has 2 aliphatic heterocycles. The van der Waals surface area contributed by atoms with E-state index in [9.17, 15) is 29.1 Å². The highest BCUT2D eigenvalue weighted by molar-refractivity contribution is 5.87. The highest BCUT2D eigenvalue weighted by Crippen LogP contribution is 2.45. The minimum atomic E-state index is -1.14. The Morgan fingerprint density at radius 1 is 0.667 bits per heavy atom. The lowest BCUT2D eigenvalue weighted by Crippen LogP contribution is -2.45. The van der Waals surface area contributed by atoms with Gasteiger partial charge in [0.15, 0.2) is 0 Å². The largest absolute Gasteiger partial charge is 0.480 e. The molecule has 3 N–H and O–H groups in total. The molecule has 4 aromatic rings. The Hall–Kier alpha value is -6.17. The summed E-state index contributed by atoms with van der Waals surface area (Å²) in [4.78, 5) is 63.2. The number of rotatable bonds is 9. The maximum Gasteiger partial charge on any atom is 0.407 e. The van der Waals surface area contributed by atoms with Crippen LogP contribution in [0.25, 0.3) is 22.3 Å². The van der Waals surface area contributed by atoms with Crippen molar-refractivity contribution in [2.75, 3.05) is 39.4 Å². The van der Waals surface area contributed by atoms with Crippen LogP contribution < -0.4 is 10.6 Å². The van der Waals surface area contributed by atoms with Crippen molar-refractivity contribution in [2.24, 2.45) is 5.92 Å². The number of carboxylic acids is 1. The number of aliphatic carboxylic acids is 1. The lowest BCUT2D eigenvalue weighted by molar-refractivity contribution is -0.147. The van der Waals surface area contributed by atoms with Gasteiger partial charge in [0.1, 0.15) is 32.3 Å². The van der Waals surface area contributed by atoms with Gasteiger partial charge in [-0.1, -0.05) is 104 Å². The molecule has 4 atom stereocenters. The van der Waals surface area contributed by atoms with Crippen molar-refractivity contribution in [3.63, 3.8) is 0 Å². The minimum Gasteiger partial charge on any atom is -0.480 e. The van der Waals surface area contributed by atoms with Gasteiger partial charge in [0.2, 0.25) is 11.8 Å². The fraction of sp³-hybridized carbons (Fsp3) is 0.356. The molecule has 0 unspecified atom stereocenters. The zero-order valence-corrected chi connectivity index (χ0v) is 32.1. The first-order valence-corrected chi connectivity index (χ1v) is 19.4. The standard InChI is InChI=1S/C23H26N2O3.C22H22N2O5/c1-15-11-16(2)25(13-15)22(26)12-24-23(27)28-14-21-19-9-5-3-7-17(19)18-8-4-6-10-20(18)21;25-20(24-11-5-10-19(24)21(26)27)12-23-22(28)29-13-18-16-8-3-1-6-14(16)15-7-2-4-9-17(15)18/h3-10,15-16,21H,11-14H2,1-2H3,(H,24,27);1-4,6-9,18-19H,5,10-13H2,(H,23,28)(H,26,27)/t15-,16+;19-/m00/s1/i;5T/t;5-,19-. The van der Waals surface area contributed by atoms with E-state index < -0.39 is 36.5 Å². The van der Waals surface area contributed by atoms with Crippen LogP contribution in [0.2, 0.25) is 0 Å². The smallest absolute Gasteiger partial charge is 0.407 e. The van der Waals surface area contributed by atoms with E-state index in [-0.39, 0.29) is 63.1 Å². The molecule has 8 rings (SSSR count). The van der Waals surface area contributed by atoms with Crippen LogP contribution in [0.3, 0.4) is 0 Å². The molecule has 2 aliphatic carbocycles. The van der Waals surface area contributed by atoms with Crippen molar-refractivity contribution >= 4 is 30.0 Å². The number of amides is 4. The second kappa shape index (κ2) is 17.3. The third kappa shape index (κ3) is 8.50. The summed E-state index contributed by atoms with van der Waals surface area (Å²) in [6.07, 6.45) is -0.818. The van der Waals surface area contributed by atoms with Crippen LogP contribution in [0.5, 0.6) is 0 Å². The van der Waals surface area contributed by atoms with E-state index in [1.807, 2.05) is 77.7 Å². The first-order chi connectivity index (χ1) is 28.0. The molecule has 4 aromatic carbocycles. The van der Waals surface area contributed by atoms with Crippen LogP contribution in [-0.2, 0) is 23.9 Å². The number of carbonyl (C=O) groups is 5. The highest BCUT2D eigenvalue weighted by atomic mass is 16.6. The summed E-state index contributed by atoms with van der Waals surface area (Å²) in [7, 11) is 0. The van der Waals surface area contributed by atoms with Gasteiger partial charge >= 0.3 is 18.2 Å². The lowest BCUT2D eigenvalue weighted by Gasteiger charge is -2.21. The van der Waals surface area contributed by atoms with Gasteiger partial charge in [-0.3, -0.25) is 9.59 Å². The van der Waals surface area contributed by atoms with Crippen molar-refractivity contribution in [3.8, 4) is 22.3 Å². The summed E-state index contributed by atoms with van der Waals surface area (Å²) in [5.41, 5.74) is 9.15. The molecule has 0 bridgehead atoms. The Bertz CT molecular complexity index is 2110. The van der Waals surface area contributed by atoms with Gasteiger partial charge in [-0.15, -0.1) is 0 Å². The van der Waals surface area contributed by atoms with Crippen LogP contribution in [-0.4, -0.2) is 96.4 Å². The van der Waals surface area contributed by atoms with Gasteiger partial charge in [-0.25, -0.2) is 14.4 Å². The van der Waals surface area contributed by atoms with E-state index in [1.165, 1.54) is 22.3 Å². The van der Waals surface area contributed by atoms with Crippen molar-refractivity contribution in [1.29, 1.82) is 0 Å². The number of hydrogen-bond acceptors (Lipinski definition) is 7. The molecule has 2 heterocycles. The summed E-state index contributed by atoms with van der Waals surface area (Å²) in [5, 5.41) is 14.2. The number of nitrogens with one attached hydrogen (secondary N) is 2. The molecule has 4 amide bonds. The lowest BCUT2D eigenvalue weighted by atomic mass is 9.98. The summed E-state index contributed by atoms with van der Waals surface area (Å²) in [5.74, 6) is -1.28. The van der Waals surface area contributed by atoms with Crippen LogP contribution in [0.15, 0.2) is 97.1 Å². The normalized spacial score (nSPS) is 20.6. The van der Waals surface area contributed by atoms with E-state index in [1.54, 1.807) is 0 Å². The molecule has 12 heteroatoms. The molecule has 0 aromatic heterocycles. The summed E-state index contributed by atoms with van der Waals surface area (Å²) >= 11 is 0. The van der Waals surface area contributed by atoms with E-state index in [0.29, 0.717) is 5.92 Å². The predicted octanol–water partition coefficient (Wildman–Crippen LogP) is 6.38. The summed E-state index contributed by atoms with van der Waals surface area (Å²) in [6.45, 7) is 4.99. The third-order valence-electron chi connectivity index (χ3n) is 11.3. The maximum absolute atomic E-state index is 12.3. The summed E-state index contributed by atoms with van der Waals surface area (Å²) in [6, 6.07) is 31.6.